The summed E-state index contributed by atoms with van der Waals surface area (Å²) in [5.74, 6) is 0.854. The molecule has 2 rings (SSSR count). The smallest absolute Gasteiger partial charge is 0.269 e. The number of ether oxygens (including phenoxy) is 1. The molecule has 21 heavy (non-hydrogen) atoms. The predicted octanol–water partition coefficient (Wildman–Crippen LogP) is 3.84. The number of nitrogens with zero attached hydrogens (tertiary/aromatic N) is 1. The van der Waals surface area contributed by atoms with Crippen LogP contribution in [0.1, 0.15) is 19.4 Å². The Morgan fingerprint density at radius 2 is 1.90 bits per heavy atom. The third-order valence-corrected chi connectivity index (χ3v) is 3.23. The third-order valence-electron chi connectivity index (χ3n) is 2.97. The van der Waals surface area contributed by atoms with Crippen LogP contribution in [0.3, 0.4) is 0 Å². The lowest BCUT2D eigenvalue weighted by atomic mass is 10.1. The van der Waals surface area contributed by atoms with Crippen molar-refractivity contribution >= 4 is 23.3 Å². The Hall–Kier alpha value is -2.07. The number of nitrogens with one attached hydrogen (secondary N) is 1. The molecule has 0 fully saturated rings. The van der Waals surface area contributed by atoms with Crippen LogP contribution in [0, 0.1) is 6.92 Å². The van der Waals surface area contributed by atoms with Crippen LogP contribution in [0.4, 0.5) is 5.82 Å². The zero-order chi connectivity index (χ0) is 15.5. The molecule has 1 N–H and O–H groups in total. The number of pyridine rings is 1. The third kappa shape index (κ3) is 3.95. The highest BCUT2D eigenvalue weighted by molar-refractivity contribution is 6.30. The Labute approximate surface area is 129 Å². The van der Waals surface area contributed by atoms with Crippen molar-refractivity contribution in [1.29, 1.82) is 0 Å². The van der Waals surface area contributed by atoms with Crippen molar-refractivity contribution in [3.05, 3.63) is 53.2 Å². The van der Waals surface area contributed by atoms with Crippen molar-refractivity contribution in [3.63, 3.8) is 0 Å². The van der Waals surface area contributed by atoms with Crippen LogP contribution in [0.2, 0.25) is 5.02 Å². The number of carbonyl (C=O) groups is 1. The molecule has 0 aliphatic rings. The zero-order valence-electron chi connectivity index (χ0n) is 12.2. The highest BCUT2D eigenvalue weighted by Crippen LogP contribution is 2.22. The molecule has 0 spiro atoms. The highest BCUT2D eigenvalue weighted by atomic mass is 35.5. The molecule has 0 aliphatic carbocycles. The minimum Gasteiger partial charge on any atom is -0.478 e. The maximum absolute atomic E-state index is 12.4. The average molecular weight is 305 g/mol. The van der Waals surface area contributed by atoms with E-state index in [0.29, 0.717) is 16.6 Å². The molecule has 0 aliphatic heterocycles. The van der Waals surface area contributed by atoms with Crippen LogP contribution >= 0.6 is 11.6 Å². The summed E-state index contributed by atoms with van der Waals surface area (Å²) < 4.78 is 5.73. The molecule has 0 saturated carbocycles. The van der Waals surface area contributed by atoms with Gasteiger partial charge in [0.05, 0.1) is 0 Å². The first-order valence-corrected chi connectivity index (χ1v) is 6.94. The number of aryl methyl sites for hydroxylation is 1. The molecule has 0 bridgehead atoms. The molecule has 4 nitrogen and oxygen atoms in total. The maximum atomic E-state index is 12.4. The minimum absolute atomic E-state index is 0.265. The molecule has 0 radical (unpaired) electrons. The normalized spacial score (nSPS) is 11.0. The number of benzene rings is 1. The number of carbonyl (C=O) groups excluding carboxylic acids is 1. The summed E-state index contributed by atoms with van der Waals surface area (Å²) in [6.45, 7) is 5.29. The molecule has 0 atom stereocenters. The molecule has 110 valence electrons. The lowest BCUT2D eigenvalue weighted by Gasteiger charge is -2.25. The highest BCUT2D eigenvalue weighted by Gasteiger charge is 2.30. The maximum Gasteiger partial charge on any atom is 0.269 e. The van der Waals surface area contributed by atoms with Crippen LogP contribution in [0.15, 0.2) is 42.6 Å². The molecule has 2 aromatic rings. The predicted molar refractivity (Wildman–Crippen MR) is 83.8 cm³/mol. The Morgan fingerprint density at radius 1 is 1.24 bits per heavy atom. The lowest BCUT2D eigenvalue weighted by molar-refractivity contribution is -0.128. The second kappa shape index (κ2) is 6.14. The Kier molecular flexibility index (Phi) is 4.48. The van der Waals surface area contributed by atoms with E-state index in [1.807, 2.05) is 19.1 Å². The first-order chi connectivity index (χ1) is 9.88. The summed E-state index contributed by atoms with van der Waals surface area (Å²) >= 11 is 5.83. The summed E-state index contributed by atoms with van der Waals surface area (Å²) in [7, 11) is 0. The van der Waals surface area contributed by atoms with E-state index in [0.717, 1.165) is 5.56 Å². The second-order valence-corrected chi connectivity index (χ2v) is 5.63. The molecule has 0 saturated heterocycles. The quantitative estimate of drug-likeness (QED) is 0.933. The number of anilines is 1. The van der Waals surface area contributed by atoms with E-state index in [1.165, 1.54) is 0 Å². The lowest BCUT2D eigenvalue weighted by Crippen LogP contribution is -2.42. The van der Waals surface area contributed by atoms with Crippen molar-refractivity contribution < 1.29 is 9.53 Å². The van der Waals surface area contributed by atoms with Gasteiger partial charge in [0.2, 0.25) is 0 Å². The van der Waals surface area contributed by atoms with E-state index in [2.05, 4.69) is 10.3 Å². The average Bonchev–Trinajstić information content (AvgIpc) is 2.43. The second-order valence-electron chi connectivity index (χ2n) is 5.19. The van der Waals surface area contributed by atoms with Gasteiger partial charge in [0, 0.05) is 11.2 Å². The summed E-state index contributed by atoms with van der Waals surface area (Å²) in [5.41, 5.74) is -0.134. The number of aromatic nitrogens is 1. The Bertz CT molecular complexity index is 639. The van der Waals surface area contributed by atoms with Gasteiger partial charge in [0.25, 0.3) is 5.91 Å². The van der Waals surface area contributed by atoms with Crippen molar-refractivity contribution in [3.8, 4) is 5.75 Å². The zero-order valence-corrected chi connectivity index (χ0v) is 12.9. The number of rotatable bonds is 4. The molecule has 1 heterocycles. The Morgan fingerprint density at radius 3 is 2.52 bits per heavy atom. The van der Waals surface area contributed by atoms with Gasteiger partial charge in [-0.1, -0.05) is 17.7 Å². The van der Waals surface area contributed by atoms with Gasteiger partial charge in [-0.05, 0) is 56.7 Å². The largest absolute Gasteiger partial charge is 0.478 e. The van der Waals surface area contributed by atoms with Crippen LogP contribution in [-0.4, -0.2) is 16.5 Å². The van der Waals surface area contributed by atoms with E-state index in [9.17, 15) is 4.79 Å². The summed E-state index contributed by atoms with van der Waals surface area (Å²) in [5, 5.41) is 3.40. The fourth-order valence-corrected chi connectivity index (χ4v) is 1.84. The van der Waals surface area contributed by atoms with Crippen LogP contribution in [0.25, 0.3) is 0 Å². The van der Waals surface area contributed by atoms with Crippen LogP contribution in [0.5, 0.6) is 5.75 Å². The molecular formula is C16H17ClN2O2. The van der Waals surface area contributed by atoms with Crippen molar-refractivity contribution in [1.82, 2.24) is 4.98 Å². The van der Waals surface area contributed by atoms with Gasteiger partial charge in [-0.2, -0.15) is 0 Å². The number of halogens is 1. The molecule has 0 unspecified atom stereocenters. The molecule has 1 aromatic heterocycles. The topological polar surface area (TPSA) is 51.2 Å². The van der Waals surface area contributed by atoms with E-state index in [4.69, 9.17) is 16.3 Å². The van der Waals surface area contributed by atoms with Gasteiger partial charge < -0.3 is 10.1 Å². The number of hydrogen-bond donors (Lipinski definition) is 1. The number of hydrogen-bond acceptors (Lipinski definition) is 3. The first kappa shape index (κ1) is 15.3. The van der Waals surface area contributed by atoms with Gasteiger partial charge in [0.1, 0.15) is 11.6 Å². The van der Waals surface area contributed by atoms with Crippen LogP contribution < -0.4 is 10.1 Å². The first-order valence-electron chi connectivity index (χ1n) is 6.56. The van der Waals surface area contributed by atoms with Gasteiger partial charge in [0.15, 0.2) is 5.60 Å². The summed E-state index contributed by atoms with van der Waals surface area (Å²) in [6, 6.07) is 10.6. The molecule has 5 heteroatoms. The van der Waals surface area contributed by atoms with Crippen molar-refractivity contribution in [2.24, 2.45) is 0 Å². The fourth-order valence-electron chi connectivity index (χ4n) is 1.72. The molecular weight excluding hydrogens is 288 g/mol. The standard InChI is InChI=1S/C16H17ClN2O2/c1-11-5-4-10-18-14(11)19-15(20)16(2,3)21-13-8-6-12(17)7-9-13/h4-10H,1-3H3,(H,18,19,20). The Balaban J connectivity index is 2.10. The molecule has 1 aromatic carbocycles. The summed E-state index contributed by atoms with van der Waals surface area (Å²) in [6.07, 6.45) is 1.63. The van der Waals surface area contributed by atoms with Gasteiger partial charge in [-0.15, -0.1) is 0 Å². The van der Waals surface area contributed by atoms with Crippen molar-refractivity contribution in [2.45, 2.75) is 26.4 Å². The van der Waals surface area contributed by atoms with E-state index in [-0.39, 0.29) is 5.91 Å². The summed E-state index contributed by atoms with van der Waals surface area (Å²) in [4.78, 5) is 16.5. The van der Waals surface area contributed by atoms with E-state index >= 15 is 0 Å². The van der Waals surface area contributed by atoms with Gasteiger partial charge in [-0.25, -0.2) is 4.98 Å². The van der Waals surface area contributed by atoms with Gasteiger partial charge in [-0.3, -0.25) is 4.79 Å². The SMILES string of the molecule is Cc1cccnc1NC(=O)C(C)(C)Oc1ccc(Cl)cc1. The molecule has 1 amide bonds. The minimum atomic E-state index is -1.03. The van der Waals surface area contributed by atoms with Crippen molar-refractivity contribution in [2.75, 3.05) is 5.32 Å². The van der Waals surface area contributed by atoms with Gasteiger partial charge >= 0.3 is 0 Å². The number of amides is 1. The van der Waals surface area contributed by atoms with Crippen LogP contribution in [-0.2, 0) is 4.79 Å². The fraction of sp³-hybridized carbons (Fsp3) is 0.250. The van der Waals surface area contributed by atoms with E-state index < -0.39 is 5.60 Å². The monoisotopic (exact) mass is 304 g/mol. The van der Waals surface area contributed by atoms with E-state index in [1.54, 1.807) is 44.3 Å².